The van der Waals surface area contributed by atoms with Crippen molar-refractivity contribution in [1.29, 1.82) is 0 Å². The van der Waals surface area contributed by atoms with Gasteiger partial charge in [0.1, 0.15) is 0 Å². The van der Waals surface area contributed by atoms with Gasteiger partial charge in [0.2, 0.25) is 0 Å². The fraction of sp³-hybridized carbons (Fsp3) is 0.692. The van der Waals surface area contributed by atoms with E-state index in [1.54, 1.807) is 0 Å². The lowest BCUT2D eigenvalue weighted by atomic mass is 9.95. The highest BCUT2D eigenvalue weighted by atomic mass is 32.1. The average molecular weight is 240 g/mol. The van der Waals surface area contributed by atoms with Gasteiger partial charge in [0.05, 0.1) is 0 Å². The van der Waals surface area contributed by atoms with E-state index in [9.17, 15) is 0 Å². The van der Waals surface area contributed by atoms with E-state index in [0.29, 0.717) is 24.9 Å². The van der Waals surface area contributed by atoms with E-state index in [-0.39, 0.29) is 0 Å². The lowest BCUT2D eigenvalue weighted by Crippen LogP contribution is -2.24. The monoisotopic (exact) mass is 240 g/mol. The predicted octanol–water partition coefficient (Wildman–Crippen LogP) is 2.73. The zero-order valence-corrected chi connectivity index (χ0v) is 11.2. The van der Waals surface area contributed by atoms with Gasteiger partial charge in [0.25, 0.3) is 0 Å². The average Bonchev–Trinajstić information content (AvgIpc) is 2.74. The smallest absolute Gasteiger partial charge is 0.00764 e. The van der Waals surface area contributed by atoms with Gasteiger partial charge >= 0.3 is 0 Å². The number of nitrogens with two attached hydrogens (primary N) is 2. The lowest BCUT2D eigenvalue weighted by Gasteiger charge is -2.16. The van der Waals surface area contributed by atoms with Gasteiger partial charge in [-0.1, -0.05) is 20.3 Å². The van der Waals surface area contributed by atoms with Crippen molar-refractivity contribution in [2.75, 3.05) is 13.1 Å². The lowest BCUT2D eigenvalue weighted by molar-refractivity contribution is 0.468. The van der Waals surface area contributed by atoms with Crippen LogP contribution in [0.4, 0.5) is 0 Å². The maximum Gasteiger partial charge on any atom is 0.00764 e. The van der Waals surface area contributed by atoms with Crippen LogP contribution in [0.15, 0.2) is 12.1 Å². The van der Waals surface area contributed by atoms with Crippen molar-refractivity contribution in [3.8, 4) is 0 Å². The molecule has 1 heterocycles. The highest BCUT2D eigenvalue weighted by Crippen LogP contribution is 2.29. The van der Waals surface area contributed by atoms with Crippen LogP contribution in [0.25, 0.3) is 0 Å². The van der Waals surface area contributed by atoms with Crippen molar-refractivity contribution in [3.05, 3.63) is 21.9 Å². The molecule has 0 aromatic carbocycles. The second-order valence-electron chi connectivity index (χ2n) is 4.53. The normalized spacial score (nSPS) is 13.3. The zero-order chi connectivity index (χ0) is 12.0. The molecule has 0 bridgehead atoms. The Morgan fingerprint density at radius 2 is 1.94 bits per heavy atom. The quantitative estimate of drug-likeness (QED) is 0.770. The molecule has 0 fully saturated rings. The minimum absolute atomic E-state index is 0.465. The van der Waals surface area contributed by atoms with Crippen LogP contribution in [0, 0.1) is 5.92 Å². The second kappa shape index (κ2) is 7.05. The maximum absolute atomic E-state index is 5.69. The molecule has 0 aliphatic carbocycles. The van der Waals surface area contributed by atoms with Crippen LogP contribution in [0.5, 0.6) is 0 Å². The first kappa shape index (κ1) is 13.7. The highest BCUT2D eigenvalue weighted by Gasteiger charge is 2.13. The van der Waals surface area contributed by atoms with Crippen molar-refractivity contribution in [2.24, 2.45) is 17.4 Å². The minimum Gasteiger partial charge on any atom is -0.330 e. The van der Waals surface area contributed by atoms with Crippen molar-refractivity contribution in [3.63, 3.8) is 0 Å². The third kappa shape index (κ3) is 3.89. The van der Waals surface area contributed by atoms with Crippen LogP contribution in [-0.4, -0.2) is 13.1 Å². The molecule has 0 saturated carbocycles. The number of hydrogen-bond donors (Lipinski definition) is 2. The molecule has 0 amide bonds. The summed E-state index contributed by atoms with van der Waals surface area (Å²) < 4.78 is 0. The van der Waals surface area contributed by atoms with E-state index in [4.69, 9.17) is 11.5 Å². The van der Waals surface area contributed by atoms with Crippen molar-refractivity contribution in [2.45, 2.75) is 39.0 Å². The number of thiophene rings is 1. The summed E-state index contributed by atoms with van der Waals surface area (Å²) in [4.78, 5) is 2.98. The molecular weight excluding hydrogens is 216 g/mol. The van der Waals surface area contributed by atoms with E-state index in [2.05, 4.69) is 26.0 Å². The Balaban J connectivity index is 2.54. The molecule has 92 valence electrons. The molecule has 2 nitrogen and oxygen atoms in total. The summed E-state index contributed by atoms with van der Waals surface area (Å²) in [5, 5.41) is 0. The molecule has 3 heteroatoms. The van der Waals surface area contributed by atoms with Crippen LogP contribution in [-0.2, 0) is 6.42 Å². The first-order valence-corrected chi connectivity index (χ1v) is 7.01. The highest BCUT2D eigenvalue weighted by molar-refractivity contribution is 7.12. The van der Waals surface area contributed by atoms with Gasteiger partial charge in [0.15, 0.2) is 0 Å². The van der Waals surface area contributed by atoms with Crippen LogP contribution in [0.2, 0.25) is 0 Å². The summed E-state index contributed by atoms with van der Waals surface area (Å²) in [5.74, 6) is 1.06. The standard InChI is InChI=1S/C13H24N2S/c1-3-4-12-5-6-13(16-12)10(2)7-11(8-14)9-15/h5-6,10-11H,3-4,7-9,14-15H2,1-2H3. The fourth-order valence-electron chi connectivity index (χ4n) is 1.94. The third-order valence-corrected chi connectivity index (χ3v) is 4.39. The Labute approximate surface area is 103 Å². The summed E-state index contributed by atoms with van der Waals surface area (Å²) in [6.45, 7) is 5.91. The van der Waals surface area contributed by atoms with Gasteiger partial charge in [-0.2, -0.15) is 0 Å². The van der Waals surface area contributed by atoms with E-state index in [1.807, 2.05) is 11.3 Å². The molecule has 0 radical (unpaired) electrons. The molecule has 1 aromatic heterocycles. The fourth-order valence-corrected chi connectivity index (χ4v) is 3.12. The molecule has 16 heavy (non-hydrogen) atoms. The molecule has 0 spiro atoms. The van der Waals surface area contributed by atoms with Crippen LogP contribution < -0.4 is 11.5 Å². The van der Waals surface area contributed by atoms with Gasteiger partial charge in [0, 0.05) is 9.75 Å². The maximum atomic E-state index is 5.69. The van der Waals surface area contributed by atoms with Crippen molar-refractivity contribution < 1.29 is 0 Å². The molecule has 4 N–H and O–H groups in total. The Hall–Kier alpha value is -0.380. The van der Waals surface area contributed by atoms with E-state index in [1.165, 1.54) is 22.6 Å². The third-order valence-electron chi connectivity index (χ3n) is 3.02. The van der Waals surface area contributed by atoms with Crippen molar-refractivity contribution in [1.82, 2.24) is 0 Å². The minimum atomic E-state index is 0.465. The van der Waals surface area contributed by atoms with Crippen LogP contribution in [0.3, 0.4) is 0 Å². The van der Waals surface area contributed by atoms with Gasteiger partial charge in [-0.15, -0.1) is 11.3 Å². The van der Waals surface area contributed by atoms with Crippen molar-refractivity contribution >= 4 is 11.3 Å². The number of rotatable bonds is 7. The topological polar surface area (TPSA) is 52.0 Å². The molecule has 0 saturated heterocycles. The molecule has 0 aliphatic rings. The predicted molar refractivity (Wildman–Crippen MR) is 72.9 cm³/mol. The molecule has 1 unspecified atom stereocenters. The summed E-state index contributed by atoms with van der Waals surface area (Å²) in [7, 11) is 0. The Kier molecular flexibility index (Phi) is 6.03. The van der Waals surface area contributed by atoms with Gasteiger partial charge in [-0.05, 0) is 49.9 Å². The van der Waals surface area contributed by atoms with Crippen LogP contribution >= 0.6 is 11.3 Å². The number of hydrogen-bond acceptors (Lipinski definition) is 3. The molecule has 1 atom stereocenters. The van der Waals surface area contributed by atoms with E-state index >= 15 is 0 Å². The molecular formula is C13H24N2S. The first-order valence-electron chi connectivity index (χ1n) is 6.20. The Bertz CT molecular complexity index is 292. The summed E-state index contributed by atoms with van der Waals surface area (Å²) in [6.07, 6.45) is 3.54. The number of aryl methyl sites for hydroxylation is 1. The summed E-state index contributed by atoms with van der Waals surface area (Å²) in [5.41, 5.74) is 11.4. The Morgan fingerprint density at radius 3 is 2.50 bits per heavy atom. The Morgan fingerprint density at radius 1 is 1.25 bits per heavy atom. The summed E-state index contributed by atoms with van der Waals surface area (Å²) >= 11 is 1.95. The first-order chi connectivity index (χ1) is 7.71. The molecule has 1 rings (SSSR count). The van der Waals surface area contributed by atoms with E-state index in [0.717, 1.165) is 6.42 Å². The van der Waals surface area contributed by atoms with Crippen LogP contribution in [0.1, 0.15) is 42.4 Å². The largest absolute Gasteiger partial charge is 0.330 e. The van der Waals surface area contributed by atoms with Gasteiger partial charge < -0.3 is 11.5 Å². The van der Waals surface area contributed by atoms with Gasteiger partial charge in [-0.25, -0.2) is 0 Å². The SMILES string of the molecule is CCCc1ccc(C(C)CC(CN)CN)s1. The van der Waals surface area contributed by atoms with Gasteiger partial charge in [-0.3, -0.25) is 0 Å². The molecule has 1 aromatic rings. The second-order valence-corrected chi connectivity index (χ2v) is 5.73. The van der Waals surface area contributed by atoms with E-state index < -0.39 is 0 Å². The zero-order valence-electron chi connectivity index (χ0n) is 10.4. The summed E-state index contributed by atoms with van der Waals surface area (Å²) in [6, 6.07) is 4.53. The molecule has 0 aliphatic heterocycles.